The molecule has 0 spiro atoms. The fourth-order valence-electron chi connectivity index (χ4n) is 1.30. The van der Waals surface area contributed by atoms with E-state index in [0.29, 0.717) is 5.92 Å². The first kappa shape index (κ1) is 11.1. The summed E-state index contributed by atoms with van der Waals surface area (Å²) in [6.07, 6.45) is 0.652. The Hall–Kier alpha value is -1.02. The maximum atomic E-state index is 9.36. The molecule has 0 aliphatic rings. The Morgan fingerprint density at radius 1 is 1.21 bits per heavy atom. The van der Waals surface area contributed by atoms with Gasteiger partial charge in [0.15, 0.2) is 0 Å². The van der Waals surface area contributed by atoms with Crippen molar-refractivity contribution in [2.45, 2.75) is 26.4 Å². The summed E-state index contributed by atoms with van der Waals surface area (Å²) in [5, 5.41) is 9.36. The van der Waals surface area contributed by atoms with E-state index in [1.54, 1.807) is 7.11 Å². The van der Waals surface area contributed by atoms with Gasteiger partial charge in [-0.2, -0.15) is 0 Å². The Bertz CT molecular complexity index is 264. The highest BCUT2D eigenvalue weighted by atomic mass is 16.5. The predicted octanol–water partition coefficient (Wildman–Crippen LogP) is 2.25. The van der Waals surface area contributed by atoms with E-state index in [9.17, 15) is 5.11 Å². The predicted molar refractivity (Wildman–Crippen MR) is 57.5 cm³/mol. The van der Waals surface area contributed by atoms with Crippen molar-refractivity contribution in [2.24, 2.45) is 5.92 Å². The van der Waals surface area contributed by atoms with Crippen LogP contribution in [-0.4, -0.2) is 18.3 Å². The standard InChI is InChI=1S/C12H18O2/c1-9(10(2)13)8-11-4-6-12(14-3)7-5-11/h4-7,9-10,13H,8H2,1-3H3. The molecule has 78 valence electrons. The van der Waals surface area contributed by atoms with Crippen LogP contribution in [-0.2, 0) is 6.42 Å². The minimum absolute atomic E-state index is 0.253. The van der Waals surface area contributed by atoms with Crippen LogP contribution >= 0.6 is 0 Å². The minimum Gasteiger partial charge on any atom is -0.497 e. The maximum absolute atomic E-state index is 9.36. The zero-order valence-corrected chi connectivity index (χ0v) is 9.03. The summed E-state index contributed by atoms with van der Waals surface area (Å²) >= 11 is 0. The molecular formula is C12H18O2. The molecule has 0 heterocycles. The van der Waals surface area contributed by atoms with Gasteiger partial charge in [-0.05, 0) is 37.0 Å². The Kier molecular flexibility index (Phi) is 3.96. The van der Waals surface area contributed by atoms with Crippen molar-refractivity contribution in [2.75, 3.05) is 7.11 Å². The largest absolute Gasteiger partial charge is 0.497 e. The number of aliphatic hydroxyl groups excluding tert-OH is 1. The van der Waals surface area contributed by atoms with Crippen molar-refractivity contribution in [1.82, 2.24) is 0 Å². The van der Waals surface area contributed by atoms with Crippen LogP contribution in [0, 0.1) is 5.92 Å². The molecular weight excluding hydrogens is 176 g/mol. The summed E-state index contributed by atoms with van der Waals surface area (Å²) in [6, 6.07) is 7.98. The Labute approximate surface area is 85.5 Å². The van der Waals surface area contributed by atoms with E-state index in [4.69, 9.17) is 4.74 Å². The normalized spacial score (nSPS) is 14.9. The van der Waals surface area contributed by atoms with Gasteiger partial charge in [0.2, 0.25) is 0 Å². The van der Waals surface area contributed by atoms with E-state index in [1.807, 2.05) is 31.2 Å². The SMILES string of the molecule is COc1ccc(CC(C)C(C)O)cc1. The third-order valence-electron chi connectivity index (χ3n) is 2.54. The second-order valence-electron chi connectivity index (χ2n) is 3.77. The molecule has 0 bridgehead atoms. The Morgan fingerprint density at radius 2 is 1.79 bits per heavy atom. The molecule has 0 radical (unpaired) electrons. The van der Waals surface area contributed by atoms with Crippen molar-refractivity contribution < 1.29 is 9.84 Å². The molecule has 2 atom stereocenters. The van der Waals surface area contributed by atoms with E-state index in [1.165, 1.54) is 5.56 Å². The number of hydrogen-bond acceptors (Lipinski definition) is 2. The summed E-state index contributed by atoms with van der Waals surface area (Å²) < 4.78 is 5.07. The van der Waals surface area contributed by atoms with Crippen LogP contribution in [0.15, 0.2) is 24.3 Å². The first-order chi connectivity index (χ1) is 6.63. The van der Waals surface area contributed by atoms with E-state index in [-0.39, 0.29) is 6.10 Å². The summed E-state index contributed by atoms with van der Waals surface area (Å²) in [4.78, 5) is 0. The van der Waals surface area contributed by atoms with Gasteiger partial charge in [-0.25, -0.2) is 0 Å². The van der Waals surface area contributed by atoms with Crippen molar-refractivity contribution in [3.63, 3.8) is 0 Å². The van der Waals surface area contributed by atoms with Gasteiger partial charge in [-0.15, -0.1) is 0 Å². The van der Waals surface area contributed by atoms with Crippen LogP contribution in [0.4, 0.5) is 0 Å². The first-order valence-corrected chi connectivity index (χ1v) is 4.94. The van der Waals surface area contributed by atoms with Gasteiger partial charge >= 0.3 is 0 Å². The number of hydrogen-bond donors (Lipinski definition) is 1. The molecule has 1 aromatic carbocycles. The Balaban J connectivity index is 2.59. The molecule has 2 unspecified atom stereocenters. The lowest BCUT2D eigenvalue weighted by atomic mass is 9.97. The lowest BCUT2D eigenvalue weighted by Gasteiger charge is -2.14. The van der Waals surface area contributed by atoms with E-state index in [2.05, 4.69) is 6.92 Å². The van der Waals surface area contributed by atoms with Crippen LogP contribution in [0.1, 0.15) is 19.4 Å². The average molecular weight is 194 g/mol. The van der Waals surface area contributed by atoms with Crippen LogP contribution in [0.25, 0.3) is 0 Å². The highest BCUT2D eigenvalue weighted by Gasteiger charge is 2.09. The molecule has 0 amide bonds. The van der Waals surface area contributed by atoms with Gasteiger partial charge in [0.05, 0.1) is 13.2 Å². The van der Waals surface area contributed by atoms with E-state index < -0.39 is 0 Å². The first-order valence-electron chi connectivity index (χ1n) is 4.94. The second-order valence-corrected chi connectivity index (χ2v) is 3.77. The molecule has 0 fully saturated rings. The fraction of sp³-hybridized carbons (Fsp3) is 0.500. The number of methoxy groups -OCH3 is 1. The van der Waals surface area contributed by atoms with Crippen LogP contribution in [0.5, 0.6) is 5.75 Å². The molecule has 0 saturated carbocycles. The summed E-state index contributed by atoms with van der Waals surface area (Å²) in [6.45, 7) is 3.88. The molecule has 1 aromatic rings. The number of rotatable bonds is 4. The number of aliphatic hydroxyl groups is 1. The molecule has 0 aliphatic heterocycles. The lowest BCUT2D eigenvalue weighted by molar-refractivity contribution is 0.135. The number of ether oxygens (including phenoxy) is 1. The molecule has 0 saturated heterocycles. The zero-order chi connectivity index (χ0) is 10.6. The summed E-state index contributed by atoms with van der Waals surface area (Å²) in [7, 11) is 1.66. The van der Waals surface area contributed by atoms with Gasteiger partial charge in [-0.1, -0.05) is 19.1 Å². The Morgan fingerprint density at radius 3 is 2.21 bits per heavy atom. The van der Waals surface area contributed by atoms with Crippen molar-refractivity contribution in [3.05, 3.63) is 29.8 Å². The maximum Gasteiger partial charge on any atom is 0.118 e. The van der Waals surface area contributed by atoms with E-state index >= 15 is 0 Å². The van der Waals surface area contributed by atoms with Crippen LogP contribution in [0.2, 0.25) is 0 Å². The fourth-order valence-corrected chi connectivity index (χ4v) is 1.30. The van der Waals surface area contributed by atoms with Gasteiger partial charge in [0.25, 0.3) is 0 Å². The van der Waals surface area contributed by atoms with Crippen molar-refractivity contribution in [1.29, 1.82) is 0 Å². The topological polar surface area (TPSA) is 29.5 Å². The third kappa shape index (κ3) is 3.04. The molecule has 14 heavy (non-hydrogen) atoms. The molecule has 0 aliphatic carbocycles. The summed E-state index contributed by atoms with van der Waals surface area (Å²) in [5.74, 6) is 1.17. The molecule has 1 rings (SSSR count). The molecule has 2 nitrogen and oxygen atoms in total. The molecule has 0 aromatic heterocycles. The minimum atomic E-state index is -0.253. The molecule has 2 heteroatoms. The van der Waals surface area contributed by atoms with Crippen LogP contribution in [0.3, 0.4) is 0 Å². The van der Waals surface area contributed by atoms with Gasteiger partial charge in [-0.3, -0.25) is 0 Å². The highest BCUT2D eigenvalue weighted by molar-refractivity contribution is 5.27. The second kappa shape index (κ2) is 5.01. The highest BCUT2D eigenvalue weighted by Crippen LogP contribution is 2.16. The van der Waals surface area contributed by atoms with Gasteiger partial charge in [0, 0.05) is 0 Å². The quantitative estimate of drug-likeness (QED) is 0.796. The molecule has 1 N–H and O–H groups in total. The smallest absolute Gasteiger partial charge is 0.118 e. The lowest BCUT2D eigenvalue weighted by Crippen LogP contribution is -2.15. The monoisotopic (exact) mass is 194 g/mol. The van der Waals surface area contributed by atoms with Gasteiger partial charge < -0.3 is 9.84 Å². The summed E-state index contributed by atoms with van der Waals surface area (Å²) in [5.41, 5.74) is 1.24. The van der Waals surface area contributed by atoms with E-state index in [0.717, 1.165) is 12.2 Å². The zero-order valence-electron chi connectivity index (χ0n) is 9.03. The average Bonchev–Trinajstić information content (AvgIpc) is 2.19. The number of benzene rings is 1. The third-order valence-corrected chi connectivity index (χ3v) is 2.54. The van der Waals surface area contributed by atoms with Crippen LogP contribution < -0.4 is 4.74 Å². The van der Waals surface area contributed by atoms with Crippen molar-refractivity contribution >= 4 is 0 Å². The van der Waals surface area contributed by atoms with Gasteiger partial charge in [0.1, 0.15) is 5.75 Å². The van der Waals surface area contributed by atoms with Crippen molar-refractivity contribution in [3.8, 4) is 5.75 Å².